The van der Waals surface area contributed by atoms with Crippen LogP contribution in [0.2, 0.25) is 0 Å². The van der Waals surface area contributed by atoms with Gasteiger partial charge in [0.15, 0.2) is 0 Å². The van der Waals surface area contributed by atoms with Gasteiger partial charge in [-0.15, -0.1) is 0 Å². The second-order valence-electron chi connectivity index (χ2n) is 21.8. The summed E-state index contributed by atoms with van der Waals surface area (Å²) in [6, 6.07) is -0.649. The molecule has 2 unspecified atom stereocenters. The lowest BCUT2D eigenvalue weighted by Gasteiger charge is -2.19. The summed E-state index contributed by atoms with van der Waals surface area (Å²) in [5, 5.41) is 23.2. The van der Waals surface area contributed by atoms with Crippen molar-refractivity contribution in [2.45, 2.75) is 353 Å². The van der Waals surface area contributed by atoms with Gasteiger partial charge >= 0.3 is 0 Å². The van der Waals surface area contributed by atoms with E-state index in [-0.39, 0.29) is 12.5 Å². The Kier molecular flexibility index (Phi) is 60.7. The van der Waals surface area contributed by atoms with Crippen molar-refractivity contribution >= 4 is 5.91 Å². The number of hydrogen-bond donors (Lipinski definition) is 3. The van der Waals surface area contributed by atoms with Crippen molar-refractivity contribution in [1.29, 1.82) is 0 Å². The third kappa shape index (κ3) is 58.8. The summed E-state index contributed by atoms with van der Waals surface area (Å²) in [4.78, 5) is 12.5. The first-order chi connectivity index (χ1) is 35.2. The van der Waals surface area contributed by atoms with Crippen LogP contribution < -0.4 is 5.32 Å². The molecule has 0 saturated carbocycles. The molecule has 0 bridgehead atoms. The van der Waals surface area contributed by atoms with Gasteiger partial charge < -0.3 is 15.5 Å². The zero-order valence-electron chi connectivity index (χ0n) is 48.0. The zero-order chi connectivity index (χ0) is 51.3. The number of amides is 1. The minimum atomic E-state index is -0.874. The molecule has 0 aliphatic heterocycles. The van der Waals surface area contributed by atoms with E-state index in [0.29, 0.717) is 6.42 Å². The summed E-state index contributed by atoms with van der Waals surface area (Å²) in [5.41, 5.74) is 0. The van der Waals surface area contributed by atoms with E-state index in [1.807, 2.05) is 6.08 Å². The molecular formula is C67H125NO3. The number of nitrogens with one attached hydrogen (secondary N) is 1. The third-order valence-electron chi connectivity index (χ3n) is 14.7. The van der Waals surface area contributed by atoms with Crippen LogP contribution in [-0.4, -0.2) is 34.9 Å². The lowest BCUT2D eigenvalue weighted by atomic mass is 10.0. The number of allylic oxidation sites excluding steroid dienone is 9. The average Bonchev–Trinajstić information content (AvgIpc) is 3.37. The van der Waals surface area contributed by atoms with Gasteiger partial charge in [-0.25, -0.2) is 0 Å². The molecule has 2 atom stereocenters. The number of aliphatic hydroxyl groups is 2. The van der Waals surface area contributed by atoms with Gasteiger partial charge in [0.25, 0.3) is 0 Å². The quantitative estimate of drug-likeness (QED) is 0.0420. The van der Waals surface area contributed by atoms with Gasteiger partial charge in [-0.3, -0.25) is 4.79 Å². The zero-order valence-corrected chi connectivity index (χ0v) is 48.0. The fourth-order valence-electron chi connectivity index (χ4n) is 9.83. The molecule has 0 aromatic carbocycles. The van der Waals surface area contributed by atoms with Crippen LogP contribution in [0.3, 0.4) is 0 Å². The predicted octanol–water partition coefficient (Wildman–Crippen LogP) is 21.5. The van der Waals surface area contributed by atoms with E-state index in [9.17, 15) is 15.0 Å². The molecule has 0 heterocycles. The summed E-state index contributed by atoms with van der Waals surface area (Å²) in [6.45, 7) is 4.32. The largest absolute Gasteiger partial charge is 0.394 e. The summed E-state index contributed by atoms with van der Waals surface area (Å²) < 4.78 is 0. The van der Waals surface area contributed by atoms with Crippen LogP contribution in [0.15, 0.2) is 60.8 Å². The molecule has 0 aromatic heterocycles. The number of carbonyl (C=O) groups excluding carboxylic acids is 1. The summed E-state index contributed by atoms with van der Waals surface area (Å²) in [5.74, 6) is -0.0749. The standard InChI is InChI=1S/C67H125NO3/c1-3-5-7-9-11-13-15-17-19-21-23-25-27-29-31-32-33-34-35-37-38-40-42-44-46-48-50-52-54-56-58-60-62-66(70)65(64-69)68-67(71)63-61-59-57-55-53-51-49-47-45-43-41-39-36-30-28-26-24-22-20-18-16-14-12-10-8-6-4-2/h16,18,22,24,44,46,52,54,60,62,65-66,69-70H,3-15,17,19-21,23,25-43,45,47-51,53,55-59,61,63-64H2,1-2H3,(H,68,71)/b18-16-,24-22-,46-44+,54-52+,62-60+. The number of hydrogen-bond acceptors (Lipinski definition) is 3. The van der Waals surface area contributed by atoms with E-state index in [1.165, 1.54) is 276 Å². The first-order valence-corrected chi connectivity index (χ1v) is 32.0. The Labute approximate surface area is 445 Å². The normalized spacial score (nSPS) is 13.1. The molecular weight excluding hydrogens is 867 g/mol. The highest BCUT2D eigenvalue weighted by Crippen LogP contribution is 2.18. The first-order valence-electron chi connectivity index (χ1n) is 32.0. The van der Waals surface area contributed by atoms with Crippen molar-refractivity contribution < 1.29 is 15.0 Å². The molecule has 0 spiro atoms. The SMILES string of the molecule is CCCCCCC/C=C\C/C=C\CCCCCCCCCCCCCCCCCC(=O)NC(CO)C(O)/C=C/CC/C=C/CC/C=C/CCCCCCCCCCCCCCCCCCCCCCCC. The van der Waals surface area contributed by atoms with E-state index >= 15 is 0 Å². The summed E-state index contributed by atoms with van der Waals surface area (Å²) in [7, 11) is 0. The van der Waals surface area contributed by atoms with Gasteiger partial charge in [0.1, 0.15) is 0 Å². The number of carbonyl (C=O) groups is 1. The van der Waals surface area contributed by atoms with Crippen molar-refractivity contribution in [3.63, 3.8) is 0 Å². The Balaban J connectivity index is 3.52. The number of aliphatic hydroxyl groups excluding tert-OH is 2. The molecule has 1 amide bonds. The van der Waals surface area contributed by atoms with E-state index in [1.54, 1.807) is 6.08 Å². The summed E-state index contributed by atoms with van der Waals surface area (Å²) >= 11 is 0. The Bertz CT molecular complexity index is 1170. The molecule has 0 aliphatic rings. The number of unbranched alkanes of at least 4 members (excludes halogenated alkanes) is 44. The summed E-state index contributed by atoms with van der Waals surface area (Å²) in [6.07, 6.45) is 88.5. The highest BCUT2D eigenvalue weighted by molar-refractivity contribution is 5.76. The fraction of sp³-hybridized carbons (Fsp3) is 0.836. The molecule has 0 radical (unpaired) electrons. The van der Waals surface area contributed by atoms with E-state index in [4.69, 9.17) is 0 Å². The Morgan fingerprint density at radius 3 is 0.901 bits per heavy atom. The lowest BCUT2D eigenvalue weighted by Crippen LogP contribution is -2.45. The van der Waals surface area contributed by atoms with Gasteiger partial charge in [-0.05, 0) is 77.0 Å². The van der Waals surface area contributed by atoms with Gasteiger partial charge in [-0.1, -0.05) is 319 Å². The minimum absolute atomic E-state index is 0.0749. The Hall–Kier alpha value is -1.91. The monoisotopic (exact) mass is 992 g/mol. The van der Waals surface area contributed by atoms with Crippen molar-refractivity contribution in [2.75, 3.05) is 6.61 Å². The van der Waals surface area contributed by atoms with Crippen LogP contribution in [-0.2, 0) is 4.79 Å². The van der Waals surface area contributed by atoms with Crippen LogP contribution in [0.5, 0.6) is 0 Å². The molecule has 4 heteroatoms. The Morgan fingerprint density at radius 1 is 0.338 bits per heavy atom. The maximum atomic E-state index is 12.5. The van der Waals surface area contributed by atoms with Crippen LogP contribution in [0.25, 0.3) is 0 Å². The van der Waals surface area contributed by atoms with E-state index < -0.39 is 12.1 Å². The molecule has 416 valence electrons. The van der Waals surface area contributed by atoms with Crippen LogP contribution in [0.4, 0.5) is 0 Å². The molecule has 0 aromatic rings. The molecule has 3 N–H and O–H groups in total. The molecule has 71 heavy (non-hydrogen) atoms. The van der Waals surface area contributed by atoms with Crippen LogP contribution >= 0.6 is 0 Å². The van der Waals surface area contributed by atoms with Crippen LogP contribution in [0.1, 0.15) is 341 Å². The van der Waals surface area contributed by atoms with Gasteiger partial charge in [0, 0.05) is 6.42 Å². The van der Waals surface area contributed by atoms with Gasteiger partial charge in [0.05, 0.1) is 18.8 Å². The van der Waals surface area contributed by atoms with E-state index in [2.05, 4.69) is 67.8 Å². The van der Waals surface area contributed by atoms with Crippen molar-refractivity contribution in [1.82, 2.24) is 5.32 Å². The molecule has 0 rings (SSSR count). The molecule has 0 fully saturated rings. The number of rotatable bonds is 59. The fourth-order valence-corrected chi connectivity index (χ4v) is 9.83. The Morgan fingerprint density at radius 2 is 0.592 bits per heavy atom. The average molecular weight is 993 g/mol. The van der Waals surface area contributed by atoms with Crippen LogP contribution in [0, 0.1) is 0 Å². The topological polar surface area (TPSA) is 69.6 Å². The van der Waals surface area contributed by atoms with Gasteiger partial charge in [-0.2, -0.15) is 0 Å². The lowest BCUT2D eigenvalue weighted by molar-refractivity contribution is -0.123. The smallest absolute Gasteiger partial charge is 0.220 e. The highest BCUT2D eigenvalue weighted by atomic mass is 16.3. The first kappa shape index (κ1) is 69.1. The second-order valence-corrected chi connectivity index (χ2v) is 21.8. The minimum Gasteiger partial charge on any atom is -0.394 e. The third-order valence-corrected chi connectivity index (χ3v) is 14.7. The maximum absolute atomic E-state index is 12.5. The van der Waals surface area contributed by atoms with Crippen molar-refractivity contribution in [3.05, 3.63) is 60.8 Å². The molecule has 4 nitrogen and oxygen atoms in total. The second kappa shape index (κ2) is 62.4. The maximum Gasteiger partial charge on any atom is 0.220 e. The van der Waals surface area contributed by atoms with Crippen molar-refractivity contribution in [3.8, 4) is 0 Å². The molecule has 0 aliphatic carbocycles. The van der Waals surface area contributed by atoms with Crippen molar-refractivity contribution in [2.24, 2.45) is 0 Å². The molecule has 0 saturated heterocycles. The van der Waals surface area contributed by atoms with E-state index in [0.717, 1.165) is 44.9 Å². The predicted molar refractivity (Wildman–Crippen MR) is 318 cm³/mol. The highest BCUT2D eigenvalue weighted by Gasteiger charge is 2.18. The van der Waals surface area contributed by atoms with Gasteiger partial charge in [0.2, 0.25) is 5.91 Å².